The number of rotatable bonds is 5. The number of carbonyl (C=O) groups excluding carboxylic acids is 4. The molecule has 3 amide bonds. The highest BCUT2D eigenvalue weighted by Crippen LogP contribution is 2.52. The molecule has 1 aliphatic heterocycles. The molecule has 4 atom stereocenters. The molecule has 0 spiro atoms. The van der Waals surface area contributed by atoms with E-state index in [0.29, 0.717) is 4.88 Å². The molecule has 1 saturated heterocycles. The zero-order chi connectivity index (χ0) is 21.0. The fraction of sp³-hybridized carbons (Fsp3) is 0.273. The second-order valence-electron chi connectivity index (χ2n) is 7.73. The van der Waals surface area contributed by atoms with Crippen molar-refractivity contribution in [3.8, 4) is 0 Å². The summed E-state index contributed by atoms with van der Waals surface area (Å²) in [4.78, 5) is 53.2. The van der Waals surface area contributed by atoms with Crippen LogP contribution in [-0.4, -0.2) is 40.1 Å². The number of carbonyl (C=O) groups is 4. The first kappa shape index (κ1) is 19.2. The van der Waals surface area contributed by atoms with Crippen molar-refractivity contribution in [2.75, 3.05) is 6.54 Å². The number of ketones is 1. The monoisotopic (exact) mass is 440 g/mol. The van der Waals surface area contributed by atoms with E-state index >= 15 is 0 Å². The molecule has 2 bridgehead atoms. The first-order chi connectivity index (χ1) is 14.5. The Kier molecular flexibility index (Phi) is 4.60. The third kappa shape index (κ3) is 2.84. The Balaban J connectivity index is 1.52. The van der Waals surface area contributed by atoms with Crippen molar-refractivity contribution in [3.05, 3.63) is 69.4 Å². The molecule has 0 N–H and O–H groups in total. The number of fused-ring (bicyclic) bond motifs is 5. The van der Waals surface area contributed by atoms with Gasteiger partial charge in [0.1, 0.15) is 6.54 Å². The lowest BCUT2D eigenvalue weighted by molar-refractivity contribution is -0.154. The Hall–Kier alpha value is -2.77. The standard InChI is InChI=1S/C22H17ClN2O4S/c23-15-5-2-1-4-14(15)20(27)24(11-16(26)17-6-3-9-30-17)25-21(28)18-12-7-8-13(10-12)19(18)22(25)29/h1-9,12-13,18-19H,10-11H2/t12-,13+,18-,19+. The molecule has 2 fully saturated rings. The van der Waals surface area contributed by atoms with Gasteiger partial charge in [0, 0.05) is 0 Å². The summed E-state index contributed by atoms with van der Waals surface area (Å²) in [6.45, 7) is -0.412. The van der Waals surface area contributed by atoms with Gasteiger partial charge in [0.05, 0.1) is 27.3 Å². The van der Waals surface area contributed by atoms with Gasteiger partial charge in [-0.2, -0.15) is 5.01 Å². The summed E-state index contributed by atoms with van der Waals surface area (Å²) in [7, 11) is 0. The van der Waals surface area contributed by atoms with Crippen LogP contribution in [0, 0.1) is 23.7 Å². The van der Waals surface area contributed by atoms with E-state index in [1.807, 2.05) is 12.2 Å². The number of nitrogens with zero attached hydrogens (tertiary/aromatic N) is 2. The van der Waals surface area contributed by atoms with Gasteiger partial charge in [0.15, 0.2) is 5.78 Å². The number of benzene rings is 1. The van der Waals surface area contributed by atoms with Crippen LogP contribution in [0.2, 0.25) is 5.02 Å². The third-order valence-corrected chi connectivity index (χ3v) is 7.36. The lowest BCUT2D eigenvalue weighted by atomic mass is 9.85. The maximum Gasteiger partial charge on any atom is 0.274 e. The number of halogens is 1. The van der Waals surface area contributed by atoms with Crippen LogP contribution < -0.4 is 0 Å². The molecule has 8 heteroatoms. The highest BCUT2D eigenvalue weighted by atomic mass is 35.5. The molecule has 0 unspecified atom stereocenters. The van der Waals surface area contributed by atoms with Gasteiger partial charge in [-0.25, -0.2) is 5.01 Å². The van der Waals surface area contributed by atoms with E-state index in [1.165, 1.54) is 17.4 Å². The average molecular weight is 441 g/mol. The smallest absolute Gasteiger partial charge is 0.274 e. The molecule has 1 aromatic heterocycles. The molecule has 5 rings (SSSR count). The summed E-state index contributed by atoms with van der Waals surface area (Å²) in [5.74, 6) is -2.74. The van der Waals surface area contributed by atoms with Crippen molar-refractivity contribution in [2.45, 2.75) is 6.42 Å². The van der Waals surface area contributed by atoms with Gasteiger partial charge in [0.2, 0.25) is 0 Å². The fourth-order valence-electron chi connectivity index (χ4n) is 4.78. The van der Waals surface area contributed by atoms with Gasteiger partial charge in [-0.3, -0.25) is 19.2 Å². The minimum atomic E-state index is -0.646. The number of hydrazine groups is 1. The number of allylic oxidation sites excluding steroid dienone is 2. The van der Waals surface area contributed by atoms with E-state index < -0.39 is 36.1 Å². The SMILES string of the molecule is O=C(CN(C(=O)c1ccccc1Cl)N1C(=O)[C@@H]2[C@H](C1=O)[C@@H]1C=C[C@H]2C1)c1cccs1. The van der Waals surface area contributed by atoms with Crippen LogP contribution in [0.25, 0.3) is 0 Å². The second kappa shape index (κ2) is 7.18. The quantitative estimate of drug-likeness (QED) is 0.405. The van der Waals surface area contributed by atoms with Crippen LogP contribution >= 0.6 is 22.9 Å². The number of hydrogen-bond donors (Lipinski definition) is 0. The van der Waals surface area contributed by atoms with Crippen LogP contribution in [0.5, 0.6) is 0 Å². The molecule has 0 radical (unpaired) electrons. The number of thiophene rings is 1. The third-order valence-electron chi connectivity index (χ3n) is 6.12. The summed E-state index contributed by atoms with van der Waals surface area (Å²) in [6, 6.07) is 9.78. The van der Waals surface area contributed by atoms with Gasteiger partial charge in [-0.05, 0) is 41.8 Å². The van der Waals surface area contributed by atoms with E-state index in [0.717, 1.165) is 16.4 Å². The van der Waals surface area contributed by atoms with Crippen LogP contribution in [0.15, 0.2) is 53.9 Å². The summed E-state index contributed by atoms with van der Waals surface area (Å²) >= 11 is 7.45. The number of imide groups is 1. The summed E-state index contributed by atoms with van der Waals surface area (Å²) in [6.07, 6.45) is 4.75. The number of amides is 3. The van der Waals surface area contributed by atoms with Crippen molar-refractivity contribution in [2.24, 2.45) is 23.7 Å². The van der Waals surface area contributed by atoms with Gasteiger partial charge in [-0.15, -0.1) is 11.3 Å². The van der Waals surface area contributed by atoms with Crippen molar-refractivity contribution >= 4 is 46.4 Å². The van der Waals surface area contributed by atoms with E-state index in [1.54, 1.807) is 35.7 Å². The molecule has 2 aliphatic carbocycles. The van der Waals surface area contributed by atoms with Crippen molar-refractivity contribution in [3.63, 3.8) is 0 Å². The van der Waals surface area contributed by atoms with E-state index in [-0.39, 0.29) is 28.2 Å². The summed E-state index contributed by atoms with van der Waals surface area (Å²) < 4.78 is 0. The summed E-state index contributed by atoms with van der Waals surface area (Å²) in [5.41, 5.74) is 0.136. The Labute approximate surface area is 181 Å². The molecule has 2 aromatic rings. The molecule has 152 valence electrons. The first-order valence-corrected chi connectivity index (χ1v) is 10.9. The zero-order valence-corrected chi connectivity index (χ0v) is 17.3. The average Bonchev–Trinajstić information content (AvgIpc) is 3.52. The number of Topliss-reactive ketones (excluding diaryl/α,β-unsaturated/α-hetero) is 1. The minimum Gasteiger partial charge on any atom is -0.291 e. The first-order valence-electron chi connectivity index (χ1n) is 9.66. The lowest BCUT2D eigenvalue weighted by Gasteiger charge is -2.30. The number of hydrogen-bond acceptors (Lipinski definition) is 5. The maximum absolute atomic E-state index is 13.4. The normalized spacial score (nSPS) is 26.4. The fourth-order valence-corrected chi connectivity index (χ4v) is 5.66. The van der Waals surface area contributed by atoms with Crippen LogP contribution in [0.3, 0.4) is 0 Å². The Morgan fingerprint density at radius 1 is 1.03 bits per heavy atom. The van der Waals surface area contributed by atoms with Gasteiger partial charge in [-0.1, -0.05) is 42.0 Å². The molecule has 1 saturated carbocycles. The van der Waals surface area contributed by atoms with Crippen molar-refractivity contribution < 1.29 is 19.2 Å². The Morgan fingerprint density at radius 3 is 2.30 bits per heavy atom. The molecular weight excluding hydrogens is 424 g/mol. The molecule has 30 heavy (non-hydrogen) atoms. The van der Waals surface area contributed by atoms with Crippen molar-refractivity contribution in [1.29, 1.82) is 0 Å². The second-order valence-corrected chi connectivity index (χ2v) is 9.09. The van der Waals surface area contributed by atoms with Gasteiger partial charge < -0.3 is 0 Å². The predicted octanol–water partition coefficient (Wildman–Crippen LogP) is 3.45. The van der Waals surface area contributed by atoms with Crippen LogP contribution in [0.4, 0.5) is 0 Å². The zero-order valence-electron chi connectivity index (χ0n) is 15.7. The maximum atomic E-state index is 13.4. The molecule has 3 aliphatic rings. The van der Waals surface area contributed by atoms with Gasteiger partial charge in [0.25, 0.3) is 17.7 Å². The molecular formula is C22H17ClN2O4S. The minimum absolute atomic E-state index is 0.00622. The Bertz CT molecular complexity index is 1070. The van der Waals surface area contributed by atoms with Crippen molar-refractivity contribution in [1.82, 2.24) is 10.0 Å². The topological polar surface area (TPSA) is 74.8 Å². The van der Waals surface area contributed by atoms with Crippen LogP contribution in [0.1, 0.15) is 26.5 Å². The molecule has 2 heterocycles. The lowest BCUT2D eigenvalue weighted by Crippen LogP contribution is -2.52. The highest BCUT2D eigenvalue weighted by Gasteiger charge is 2.61. The van der Waals surface area contributed by atoms with E-state index in [9.17, 15) is 19.2 Å². The van der Waals surface area contributed by atoms with Crippen LogP contribution in [-0.2, 0) is 9.59 Å². The molecule has 6 nitrogen and oxygen atoms in total. The predicted molar refractivity (Wildman–Crippen MR) is 111 cm³/mol. The highest BCUT2D eigenvalue weighted by molar-refractivity contribution is 7.12. The molecule has 1 aromatic carbocycles. The van der Waals surface area contributed by atoms with Gasteiger partial charge >= 0.3 is 0 Å². The summed E-state index contributed by atoms with van der Waals surface area (Å²) in [5, 5.41) is 3.83. The van der Waals surface area contributed by atoms with E-state index in [4.69, 9.17) is 11.6 Å². The van der Waals surface area contributed by atoms with E-state index in [2.05, 4.69) is 0 Å². The Morgan fingerprint density at radius 2 is 1.70 bits per heavy atom. The largest absolute Gasteiger partial charge is 0.291 e.